The van der Waals surface area contributed by atoms with Crippen molar-refractivity contribution in [1.29, 1.82) is 0 Å². The van der Waals surface area contributed by atoms with E-state index in [1.165, 1.54) is 0 Å². The minimum atomic E-state index is -3.06. The number of ether oxygens (including phenoxy) is 1. The van der Waals surface area contributed by atoms with Gasteiger partial charge in [-0.15, -0.1) is 0 Å². The molecule has 1 aliphatic carbocycles. The molecule has 1 saturated carbocycles. The predicted octanol–water partition coefficient (Wildman–Crippen LogP) is 1.33. The third kappa shape index (κ3) is 3.77. The molecule has 0 N–H and O–H groups in total. The second-order valence-corrected chi connectivity index (χ2v) is 8.71. The molecule has 0 bridgehead atoms. The van der Waals surface area contributed by atoms with Crippen molar-refractivity contribution in [2.24, 2.45) is 0 Å². The zero-order valence-corrected chi connectivity index (χ0v) is 14.4. The number of benzene rings is 1. The largest absolute Gasteiger partial charge is 0.452 e. The molecule has 1 saturated heterocycles. The van der Waals surface area contributed by atoms with E-state index in [1.54, 1.807) is 30.0 Å². The van der Waals surface area contributed by atoms with Gasteiger partial charge >= 0.3 is 5.97 Å². The molecule has 0 spiro atoms. The first-order chi connectivity index (χ1) is 11.4. The van der Waals surface area contributed by atoms with Gasteiger partial charge in [0, 0.05) is 12.1 Å². The van der Waals surface area contributed by atoms with Crippen LogP contribution in [0.3, 0.4) is 0 Å². The number of nitrogens with zero attached hydrogens (tertiary/aromatic N) is 1. The van der Waals surface area contributed by atoms with Crippen molar-refractivity contribution in [2.75, 3.05) is 18.1 Å². The number of esters is 1. The van der Waals surface area contributed by atoms with Crippen LogP contribution in [0.4, 0.5) is 0 Å². The number of hydrogen-bond acceptors (Lipinski definition) is 5. The molecule has 7 heteroatoms. The highest BCUT2D eigenvalue weighted by molar-refractivity contribution is 7.91. The summed E-state index contributed by atoms with van der Waals surface area (Å²) in [6, 6.07) is 6.83. The SMILES string of the molecule is Cc1ccccc1C(=O)OCC(=O)N(C1CC1)[C@@H]1CCS(=O)(=O)C1. The van der Waals surface area contributed by atoms with Crippen LogP contribution < -0.4 is 0 Å². The van der Waals surface area contributed by atoms with E-state index in [0.29, 0.717) is 12.0 Å². The fourth-order valence-electron chi connectivity index (χ4n) is 3.13. The minimum Gasteiger partial charge on any atom is -0.452 e. The Morgan fingerprint density at radius 1 is 1.17 bits per heavy atom. The number of sulfone groups is 1. The molecule has 1 atom stereocenters. The van der Waals surface area contributed by atoms with Gasteiger partial charge in [0.2, 0.25) is 0 Å². The van der Waals surface area contributed by atoms with E-state index in [4.69, 9.17) is 4.74 Å². The Hall–Kier alpha value is -1.89. The lowest BCUT2D eigenvalue weighted by Gasteiger charge is -2.28. The van der Waals surface area contributed by atoms with Crippen LogP contribution in [0.25, 0.3) is 0 Å². The molecular formula is C17H21NO5S. The maximum absolute atomic E-state index is 12.5. The Morgan fingerprint density at radius 3 is 2.46 bits per heavy atom. The monoisotopic (exact) mass is 351 g/mol. The van der Waals surface area contributed by atoms with E-state index in [-0.39, 0.29) is 36.1 Å². The van der Waals surface area contributed by atoms with Crippen molar-refractivity contribution in [2.45, 2.75) is 38.3 Å². The van der Waals surface area contributed by atoms with Gasteiger partial charge in [0.05, 0.1) is 17.1 Å². The summed E-state index contributed by atoms with van der Waals surface area (Å²) < 4.78 is 28.5. The molecule has 6 nitrogen and oxygen atoms in total. The van der Waals surface area contributed by atoms with Gasteiger partial charge in [-0.2, -0.15) is 0 Å². The standard InChI is InChI=1S/C17H21NO5S/c1-12-4-2-3-5-15(12)17(20)23-10-16(19)18(13-6-7-13)14-8-9-24(21,22)11-14/h2-5,13-14H,6-11H2,1H3/t14-/m1/s1. The fraction of sp³-hybridized carbons (Fsp3) is 0.529. The lowest BCUT2D eigenvalue weighted by atomic mass is 10.1. The first-order valence-electron chi connectivity index (χ1n) is 8.12. The second kappa shape index (κ2) is 6.55. The highest BCUT2D eigenvalue weighted by atomic mass is 32.2. The van der Waals surface area contributed by atoms with Gasteiger partial charge < -0.3 is 9.64 Å². The van der Waals surface area contributed by atoms with Crippen LogP contribution in [-0.2, 0) is 19.4 Å². The zero-order chi connectivity index (χ0) is 17.3. The van der Waals surface area contributed by atoms with E-state index < -0.39 is 15.8 Å². The second-order valence-electron chi connectivity index (χ2n) is 6.48. The van der Waals surface area contributed by atoms with Crippen LogP contribution in [0.5, 0.6) is 0 Å². The Morgan fingerprint density at radius 2 is 1.88 bits per heavy atom. The van der Waals surface area contributed by atoms with Crippen molar-refractivity contribution >= 4 is 21.7 Å². The molecule has 1 aromatic carbocycles. The van der Waals surface area contributed by atoms with Gasteiger partial charge in [-0.1, -0.05) is 18.2 Å². The molecule has 0 radical (unpaired) electrons. The van der Waals surface area contributed by atoms with Gasteiger partial charge in [0.25, 0.3) is 5.91 Å². The molecule has 1 aromatic rings. The summed E-state index contributed by atoms with van der Waals surface area (Å²) in [6.45, 7) is 1.46. The summed E-state index contributed by atoms with van der Waals surface area (Å²) in [5.41, 5.74) is 1.22. The van der Waals surface area contributed by atoms with Crippen molar-refractivity contribution in [1.82, 2.24) is 4.90 Å². The van der Waals surface area contributed by atoms with Crippen LogP contribution in [0, 0.1) is 6.92 Å². The van der Waals surface area contributed by atoms with Gasteiger partial charge in [-0.05, 0) is 37.8 Å². The molecule has 2 fully saturated rings. The number of hydrogen-bond donors (Lipinski definition) is 0. The predicted molar refractivity (Wildman–Crippen MR) is 88.4 cm³/mol. The van der Waals surface area contributed by atoms with E-state index in [0.717, 1.165) is 18.4 Å². The van der Waals surface area contributed by atoms with Crippen LogP contribution in [0.15, 0.2) is 24.3 Å². The summed E-state index contributed by atoms with van der Waals surface area (Å²) in [5, 5.41) is 0. The van der Waals surface area contributed by atoms with Crippen LogP contribution >= 0.6 is 0 Å². The number of rotatable bonds is 5. The normalized spacial score (nSPS) is 22.1. The molecule has 0 unspecified atom stereocenters. The maximum atomic E-state index is 12.5. The third-order valence-corrected chi connectivity index (χ3v) is 6.27. The molecule has 130 valence electrons. The Balaban J connectivity index is 1.63. The maximum Gasteiger partial charge on any atom is 0.338 e. The summed E-state index contributed by atoms with van der Waals surface area (Å²) in [4.78, 5) is 26.2. The van der Waals surface area contributed by atoms with Crippen LogP contribution in [0.2, 0.25) is 0 Å². The molecule has 1 amide bonds. The van der Waals surface area contributed by atoms with Crippen molar-refractivity contribution in [3.8, 4) is 0 Å². The first kappa shape index (κ1) is 17.0. The smallest absolute Gasteiger partial charge is 0.338 e. The first-order valence-corrected chi connectivity index (χ1v) is 9.94. The highest BCUT2D eigenvalue weighted by Crippen LogP contribution is 2.32. The lowest BCUT2D eigenvalue weighted by molar-refractivity contribution is -0.137. The number of carbonyl (C=O) groups excluding carboxylic acids is 2. The molecule has 1 heterocycles. The molecule has 2 aliphatic rings. The summed E-state index contributed by atoms with van der Waals surface area (Å²) >= 11 is 0. The molecule has 1 aliphatic heterocycles. The van der Waals surface area contributed by atoms with Crippen molar-refractivity contribution in [3.05, 3.63) is 35.4 Å². The van der Waals surface area contributed by atoms with E-state index in [1.807, 2.05) is 6.07 Å². The quantitative estimate of drug-likeness (QED) is 0.748. The van der Waals surface area contributed by atoms with Gasteiger partial charge in [0.15, 0.2) is 16.4 Å². The van der Waals surface area contributed by atoms with Gasteiger partial charge in [-0.25, -0.2) is 13.2 Å². The lowest BCUT2D eigenvalue weighted by Crippen LogP contribution is -2.44. The zero-order valence-electron chi connectivity index (χ0n) is 13.6. The Bertz CT molecular complexity index is 754. The van der Waals surface area contributed by atoms with Crippen LogP contribution in [-0.4, -0.2) is 55.4 Å². The van der Waals surface area contributed by atoms with E-state index in [2.05, 4.69) is 0 Å². The molecule has 0 aromatic heterocycles. The Labute approximate surface area is 141 Å². The molecule has 24 heavy (non-hydrogen) atoms. The summed E-state index contributed by atoms with van der Waals surface area (Å²) in [5.74, 6) is -0.698. The number of amides is 1. The average molecular weight is 351 g/mol. The third-order valence-electron chi connectivity index (χ3n) is 4.52. The topological polar surface area (TPSA) is 80.8 Å². The summed E-state index contributed by atoms with van der Waals surface area (Å²) in [7, 11) is -3.06. The van der Waals surface area contributed by atoms with E-state index >= 15 is 0 Å². The number of carbonyl (C=O) groups is 2. The molecule has 3 rings (SSSR count). The summed E-state index contributed by atoms with van der Waals surface area (Å²) in [6.07, 6.45) is 2.23. The van der Waals surface area contributed by atoms with Crippen molar-refractivity contribution < 1.29 is 22.7 Å². The van der Waals surface area contributed by atoms with Crippen LogP contribution in [0.1, 0.15) is 35.2 Å². The van der Waals surface area contributed by atoms with Gasteiger partial charge in [-0.3, -0.25) is 4.79 Å². The molecular weight excluding hydrogens is 330 g/mol. The minimum absolute atomic E-state index is 0.0149. The average Bonchev–Trinajstić information content (AvgIpc) is 3.29. The highest BCUT2D eigenvalue weighted by Gasteiger charge is 2.42. The van der Waals surface area contributed by atoms with Gasteiger partial charge in [0.1, 0.15) is 0 Å². The fourth-order valence-corrected chi connectivity index (χ4v) is 4.85. The van der Waals surface area contributed by atoms with Crippen molar-refractivity contribution in [3.63, 3.8) is 0 Å². The Kier molecular flexibility index (Phi) is 4.62. The number of aryl methyl sites for hydroxylation is 1. The van der Waals surface area contributed by atoms with E-state index in [9.17, 15) is 18.0 Å².